The fourth-order valence-corrected chi connectivity index (χ4v) is 2.51. The fraction of sp³-hybridized carbons (Fsp3) is 0.143. The molecule has 5 heteroatoms. The van der Waals surface area contributed by atoms with Gasteiger partial charge >= 0.3 is 0 Å². The van der Waals surface area contributed by atoms with E-state index in [-0.39, 0.29) is 5.91 Å². The van der Waals surface area contributed by atoms with Crippen LogP contribution in [0.4, 0.5) is 0 Å². The number of amides is 1. The summed E-state index contributed by atoms with van der Waals surface area (Å²) in [5, 5.41) is 4.73. The zero-order valence-corrected chi connectivity index (χ0v) is 15.1. The van der Waals surface area contributed by atoms with Gasteiger partial charge in [0.2, 0.25) is 5.91 Å². The maximum absolute atomic E-state index is 11.9. The number of carbonyl (C=O) groups excluding carboxylic acids is 1. The average Bonchev–Trinajstić information content (AvgIpc) is 3.11. The summed E-state index contributed by atoms with van der Waals surface area (Å²) in [6.45, 7) is 0. The van der Waals surface area contributed by atoms with E-state index in [1.807, 2.05) is 65.5 Å². The van der Waals surface area contributed by atoms with Gasteiger partial charge in [-0.05, 0) is 42.5 Å². The second-order valence-electron chi connectivity index (χ2n) is 6.01. The first-order valence-electron chi connectivity index (χ1n) is 8.27. The van der Waals surface area contributed by atoms with E-state index in [0.717, 1.165) is 28.3 Å². The minimum atomic E-state index is -0.0712. The van der Waals surface area contributed by atoms with Crippen LogP contribution in [0.15, 0.2) is 66.9 Å². The van der Waals surface area contributed by atoms with Crippen LogP contribution in [0, 0.1) is 0 Å². The number of carbonyl (C=O) groups is 1. The van der Waals surface area contributed by atoms with Gasteiger partial charge in [-0.3, -0.25) is 4.79 Å². The summed E-state index contributed by atoms with van der Waals surface area (Å²) >= 11 is 0. The molecule has 1 amide bonds. The van der Waals surface area contributed by atoms with Gasteiger partial charge in [0.15, 0.2) is 0 Å². The topological polar surface area (TPSA) is 47.4 Å². The first-order chi connectivity index (χ1) is 12.6. The summed E-state index contributed by atoms with van der Waals surface area (Å²) in [6, 6.07) is 17.6. The quantitative estimate of drug-likeness (QED) is 0.662. The number of para-hydroxylation sites is 1. The molecule has 0 aliphatic heterocycles. The van der Waals surface area contributed by atoms with Crippen molar-refractivity contribution in [3.63, 3.8) is 0 Å². The monoisotopic (exact) mass is 347 g/mol. The van der Waals surface area contributed by atoms with Gasteiger partial charge in [-0.15, -0.1) is 0 Å². The molecule has 0 spiro atoms. The number of benzene rings is 2. The van der Waals surface area contributed by atoms with Gasteiger partial charge in [0.05, 0.1) is 18.5 Å². The average molecular weight is 347 g/mol. The van der Waals surface area contributed by atoms with Gasteiger partial charge in [-0.1, -0.05) is 18.2 Å². The highest BCUT2D eigenvalue weighted by Gasteiger charge is 2.11. The van der Waals surface area contributed by atoms with Gasteiger partial charge in [0.1, 0.15) is 5.75 Å². The molecule has 26 heavy (non-hydrogen) atoms. The third-order valence-corrected chi connectivity index (χ3v) is 3.97. The van der Waals surface area contributed by atoms with Crippen molar-refractivity contribution in [2.24, 2.45) is 0 Å². The summed E-state index contributed by atoms with van der Waals surface area (Å²) in [4.78, 5) is 13.5. The molecule has 132 valence electrons. The molecule has 5 nitrogen and oxygen atoms in total. The van der Waals surface area contributed by atoms with Crippen LogP contribution in [0.3, 0.4) is 0 Å². The van der Waals surface area contributed by atoms with Gasteiger partial charge in [0.25, 0.3) is 0 Å². The van der Waals surface area contributed by atoms with Gasteiger partial charge in [-0.2, -0.15) is 5.10 Å². The Morgan fingerprint density at radius 2 is 1.77 bits per heavy atom. The van der Waals surface area contributed by atoms with Crippen LogP contribution in [-0.4, -0.2) is 41.8 Å². The summed E-state index contributed by atoms with van der Waals surface area (Å²) in [5.41, 5.74) is 3.59. The Labute approximate surface area is 153 Å². The highest BCUT2D eigenvalue weighted by Crippen LogP contribution is 2.26. The molecule has 0 N–H and O–H groups in total. The van der Waals surface area contributed by atoms with Crippen LogP contribution in [0.25, 0.3) is 23.0 Å². The number of rotatable bonds is 5. The molecule has 0 saturated carbocycles. The normalized spacial score (nSPS) is 10.9. The lowest BCUT2D eigenvalue weighted by Crippen LogP contribution is -2.18. The van der Waals surface area contributed by atoms with E-state index in [1.165, 1.54) is 4.90 Å². The number of methoxy groups -OCH3 is 1. The first-order valence-corrected chi connectivity index (χ1v) is 8.27. The molecule has 0 aliphatic carbocycles. The third kappa shape index (κ3) is 3.83. The van der Waals surface area contributed by atoms with Gasteiger partial charge in [0, 0.05) is 37.5 Å². The second-order valence-corrected chi connectivity index (χ2v) is 6.01. The van der Waals surface area contributed by atoms with E-state index >= 15 is 0 Å². The van der Waals surface area contributed by atoms with Crippen molar-refractivity contribution in [2.45, 2.75) is 0 Å². The van der Waals surface area contributed by atoms with Crippen molar-refractivity contribution in [1.29, 1.82) is 0 Å². The number of likely N-dealkylation sites (N-methyl/N-ethyl adjacent to an activating group) is 1. The molecule has 0 radical (unpaired) electrons. The molecule has 1 heterocycles. The summed E-state index contributed by atoms with van der Waals surface area (Å²) in [5.74, 6) is 0.717. The highest BCUT2D eigenvalue weighted by molar-refractivity contribution is 5.92. The zero-order valence-electron chi connectivity index (χ0n) is 15.1. The fourth-order valence-electron chi connectivity index (χ4n) is 2.51. The molecule has 3 rings (SSSR count). The molecule has 2 aromatic carbocycles. The molecular formula is C21H21N3O2. The van der Waals surface area contributed by atoms with E-state index < -0.39 is 0 Å². The van der Waals surface area contributed by atoms with Gasteiger partial charge in [-0.25, -0.2) is 4.68 Å². The van der Waals surface area contributed by atoms with Crippen molar-refractivity contribution < 1.29 is 9.53 Å². The SMILES string of the molecule is COc1ccc(-c2nn(-c3ccccc3)cc2/C=C\C(=O)N(C)C)cc1. The molecule has 0 bridgehead atoms. The lowest BCUT2D eigenvalue weighted by molar-refractivity contribution is -0.123. The molecule has 3 aromatic rings. The van der Waals surface area contributed by atoms with Crippen molar-refractivity contribution >= 4 is 12.0 Å². The van der Waals surface area contributed by atoms with Crippen LogP contribution < -0.4 is 4.74 Å². The number of ether oxygens (including phenoxy) is 1. The Morgan fingerprint density at radius 3 is 2.38 bits per heavy atom. The predicted octanol–water partition coefficient (Wildman–Crippen LogP) is 3.65. The van der Waals surface area contributed by atoms with Crippen LogP contribution in [0.1, 0.15) is 5.56 Å². The standard InChI is InChI=1S/C21H21N3O2/c1-23(2)20(25)14-11-17-15-24(18-7-5-4-6-8-18)22-21(17)16-9-12-19(26-3)13-10-16/h4-15H,1-3H3/b14-11-. The minimum absolute atomic E-state index is 0.0712. The maximum atomic E-state index is 11.9. The Kier molecular flexibility index (Phi) is 5.17. The summed E-state index contributed by atoms with van der Waals surface area (Å²) < 4.78 is 7.04. The Hall–Kier alpha value is -3.34. The molecule has 1 aromatic heterocycles. The molecule has 0 saturated heterocycles. The molecule has 0 unspecified atom stereocenters. The van der Waals surface area contributed by atoms with E-state index in [9.17, 15) is 4.79 Å². The van der Waals surface area contributed by atoms with Crippen molar-refractivity contribution in [2.75, 3.05) is 21.2 Å². The molecule has 0 atom stereocenters. The molecular weight excluding hydrogens is 326 g/mol. The summed E-state index contributed by atoms with van der Waals surface area (Å²) in [6.07, 6.45) is 5.28. The Bertz CT molecular complexity index is 910. The Morgan fingerprint density at radius 1 is 1.08 bits per heavy atom. The van der Waals surface area contributed by atoms with Crippen molar-refractivity contribution in [3.05, 3.63) is 72.4 Å². The number of nitrogens with zero attached hydrogens (tertiary/aromatic N) is 3. The largest absolute Gasteiger partial charge is 0.497 e. The van der Waals surface area contributed by atoms with E-state index in [0.29, 0.717) is 0 Å². The number of hydrogen-bond acceptors (Lipinski definition) is 3. The first kappa shape index (κ1) is 17.5. The second kappa shape index (κ2) is 7.70. The Balaban J connectivity index is 2.05. The van der Waals surface area contributed by atoms with E-state index in [1.54, 1.807) is 33.4 Å². The number of hydrogen-bond donors (Lipinski definition) is 0. The summed E-state index contributed by atoms with van der Waals surface area (Å²) in [7, 11) is 5.09. The third-order valence-electron chi connectivity index (χ3n) is 3.97. The lowest BCUT2D eigenvalue weighted by atomic mass is 10.1. The van der Waals surface area contributed by atoms with Crippen LogP contribution in [0.5, 0.6) is 5.75 Å². The van der Waals surface area contributed by atoms with Crippen LogP contribution >= 0.6 is 0 Å². The van der Waals surface area contributed by atoms with Gasteiger partial charge < -0.3 is 9.64 Å². The van der Waals surface area contributed by atoms with Crippen LogP contribution in [0.2, 0.25) is 0 Å². The highest BCUT2D eigenvalue weighted by atomic mass is 16.5. The zero-order chi connectivity index (χ0) is 18.5. The minimum Gasteiger partial charge on any atom is -0.497 e. The van der Waals surface area contributed by atoms with Crippen LogP contribution in [-0.2, 0) is 4.79 Å². The smallest absolute Gasteiger partial charge is 0.246 e. The van der Waals surface area contributed by atoms with Crippen molar-refractivity contribution in [3.8, 4) is 22.7 Å². The molecule has 0 fully saturated rings. The molecule has 0 aliphatic rings. The van der Waals surface area contributed by atoms with E-state index in [4.69, 9.17) is 9.84 Å². The van der Waals surface area contributed by atoms with E-state index in [2.05, 4.69) is 0 Å². The lowest BCUT2D eigenvalue weighted by Gasteiger charge is -2.05. The number of aromatic nitrogens is 2. The maximum Gasteiger partial charge on any atom is 0.246 e. The van der Waals surface area contributed by atoms with Crippen molar-refractivity contribution in [1.82, 2.24) is 14.7 Å². The predicted molar refractivity (Wildman–Crippen MR) is 103 cm³/mol.